The lowest BCUT2D eigenvalue weighted by Crippen LogP contribution is -2.49. The van der Waals surface area contributed by atoms with Crippen molar-refractivity contribution in [2.45, 2.75) is 24.6 Å². The largest absolute Gasteiger partial charge is 0.416 e. The minimum Gasteiger partial charge on any atom is -0.381 e. The zero-order valence-electron chi connectivity index (χ0n) is 14.6. The fourth-order valence-electron chi connectivity index (χ4n) is 3.43. The molecule has 1 fully saturated rings. The monoisotopic (exact) mass is 391 g/mol. The predicted molar refractivity (Wildman–Crippen MR) is 91.4 cm³/mol. The number of hydrogen-bond acceptors (Lipinski definition) is 5. The number of nitrogens with one attached hydrogen (secondary N) is 1. The average molecular weight is 391 g/mol. The van der Waals surface area contributed by atoms with E-state index in [1.54, 1.807) is 24.4 Å². The van der Waals surface area contributed by atoms with Gasteiger partial charge >= 0.3 is 6.18 Å². The molecule has 3 heterocycles. The summed E-state index contributed by atoms with van der Waals surface area (Å²) in [6.07, 6.45) is -2.16. The molecule has 0 aliphatic carbocycles. The fourth-order valence-corrected chi connectivity index (χ4v) is 3.43. The van der Waals surface area contributed by atoms with Gasteiger partial charge in [-0.05, 0) is 53.1 Å². The molecule has 0 atom stereocenters. The van der Waals surface area contributed by atoms with Crippen molar-refractivity contribution < 1.29 is 22.7 Å². The second-order valence-corrected chi connectivity index (χ2v) is 6.60. The van der Waals surface area contributed by atoms with Crippen molar-refractivity contribution >= 4 is 11.6 Å². The third-order valence-corrected chi connectivity index (χ3v) is 4.91. The summed E-state index contributed by atoms with van der Waals surface area (Å²) in [7, 11) is 0. The van der Waals surface area contributed by atoms with Crippen molar-refractivity contribution in [2.24, 2.45) is 0 Å². The number of fused-ring (bicyclic) bond motifs is 1. The molecule has 28 heavy (non-hydrogen) atoms. The molecule has 146 valence electrons. The van der Waals surface area contributed by atoms with E-state index >= 15 is 0 Å². The van der Waals surface area contributed by atoms with E-state index in [1.807, 2.05) is 0 Å². The summed E-state index contributed by atoms with van der Waals surface area (Å²) in [5.74, 6) is -0.459. The fraction of sp³-hybridized carbons (Fsp3) is 0.333. The topological polar surface area (TPSA) is 81.4 Å². The second-order valence-electron chi connectivity index (χ2n) is 6.60. The Kier molecular flexibility index (Phi) is 4.50. The lowest BCUT2D eigenvalue weighted by molar-refractivity contribution is -0.137. The maximum Gasteiger partial charge on any atom is 0.416 e. The van der Waals surface area contributed by atoms with E-state index < -0.39 is 23.2 Å². The van der Waals surface area contributed by atoms with Crippen molar-refractivity contribution in [2.75, 3.05) is 13.2 Å². The molecule has 0 spiro atoms. The molecule has 0 bridgehead atoms. The molecule has 2 aromatic heterocycles. The van der Waals surface area contributed by atoms with Gasteiger partial charge in [-0.1, -0.05) is 12.1 Å². The summed E-state index contributed by atoms with van der Waals surface area (Å²) >= 11 is 0. The number of carbonyl (C=O) groups excluding carboxylic acids is 1. The van der Waals surface area contributed by atoms with Gasteiger partial charge in [-0.25, -0.2) is 0 Å². The third-order valence-electron chi connectivity index (χ3n) is 4.91. The summed E-state index contributed by atoms with van der Waals surface area (Å²) in [5, 5.41) is 14.1. The van der Waals surface area contributed by atoms with Crippen molar-refractivity contribution in [1.29, 1.82) is 0 Å². The molecule has 7 nitrogen and oxygen atoms in total. The maximum absolute atomic E-state index is 13.2. The highest BCUT2D eigenvalue weighted by Crippen LogP contribution is 2.36. The quantitative estimate of drug-likeness (QED) is 0.742. The summed E-state index contributed by atoms with van der Waals surface area (Å²) in [4.78, 5) is 13.0. The Hall–Kier alpha value is -3.01. The minimum absolute atomic E-state index is 0.241. The van der Waals surface area contributed by atoms with Crippen LogP contribution in [0.4, 0.5) is 13.2 Å². The van der Waals surface area contributed by atoms with Gasteiger partial charge in [-0.15, -0.1) is 5.10 Å². The minimum atomic E-state index is -4.47. The van der Waals surface area contributed by atoms with Gasteiger partial charge in [-0.2, -0.15) is 17.7 Å². The van der Waals surface area contributed by atoms with E-state index in [2.05, 4.69) is 20.8 Å². The second kappa shape index (κ2) is 6.86. The Morgan fingerprint density at radius 2 is 1.96 bits per heavy atom. The van der Waals surface area contributed by atoms with Gasteiger partial charge in [0.2, 0.25) is 0 Å². The Bertz CT molecular complexity index is 1010. The lowest BCUT2D eigenvalue weighted by atomic mass is 9.81. The van der Waals surface area contributed by atoms with E-state index in [0.29, 0.717) is 31.6 Å². The van der Waals surface area contributed by atoms with Crippen LogP contribution in [0, 0.1) is 0 Å². The summed E-state index contributed by atoms with van der Waals surface area (Å²) < 4.78 is 46.3. The van der Waals surface area contributed by atoms with Crippen LogP contribution in [-0.4, -0.2) is 39.2 Å². The molecule has 3 aromatic rings. The smallest absolute Gasteiger partial charge is 0.381 e. The number of halogens is 3. The van der Waals surface area contributed by atoms with Crippen molar-refractivity contribution in [3.05, 3.63) is 59.3 Å². The number of hydrogen-bond donors (Lipinski definition) is 1. The summed E-state index contributed by atoms with van der Waals surface area (Å²) in [5.41, 5.74) is -0.826. The first-order valence-corrected chi connectivity index (χ1v) is 8.64. The van der Waals surface area contributed by atoms with Crippen LogP contribution < -0.4 is 5.32 Å². The van der Waals surface area contributed by atoms with Crippen LogP contribution in [0.5, 0.6) is 0 Å². The number of rotatable bonds is 3. The Labute approximate surface area is 157 Å². The van der Waals surface area contributed by atoms with Crippen molar-refractivity contribution in [3.8, 4) is 0 Å². The van der Waals surface area contributed by atoms with Crippen LogP contribution in [0.3, 0.4) is 0 Å². The third kappa shape index (κ3) is 3.31. The maximum atomic E-state index is 13.2. The molecule has 0 radical (unpaired) electrons. The predicted octanol–water partition coefficient (Wildman–Crippen LogP) is 2.58. The van der Waals surface area contributed by atoms with Gasteiger partial charge in [0.1, 0.15) is 0 Å². The van der Waals surface area contributed by atoms with Gasteiger partial charge < -0.3 is 10.1 Å². The van der Waals surface area contributed by atoms with Gasteiger partial charge in [0.15, 0.2) is 5.65 Å². The number of alkyl halides is 3. The lowest BCUT2D eigenvalue weighted by Gasteiger charge is -2.38. The number of amides is 1. The number of carbonyl (C=O) groups is 1. The molecule has 1 amide bonds. The zero-order valence-corrected chi connectivity index (χ0v) is 14.6. The van der Waals surface area contributed by atoms with Gasteiger partial charge in [0, 0.05) is 19.4 Å². The molecule has 0 saturated carbocycles. The van der Waals surface area contributed by atoms with Crippen LogP contribution >= 0.6 is 0 Å². The summed E-state index contributed by atoms with van der Waals surface area (Å²) in [6.45, 7) is 0.653. The SMILES string of the molecule is O=C(NC1(c2cccc(C(F)(F)F)c2)CCOCC1)c1cccn2nnnc12. The van der Waals surface area contributed by atoms with Crippen LogP contribution in [0.2, 0.25) is 0 Å². The van der Waals surface area contributed by atoms with E-state index in [4.69, 9.17) is 4.74 Å². The number of benzene rings is 1. The molecule has 1 saturated heterocycles. The first kappa shape index (κ1) is 18.4. The highest BCUT2D eigenvalue weighted by molar-refractivity contribution is 6.00. The first-order chi connectivity index (χ1) is 13.4. The van der Waals surface area contributed by atoms with Gasteiger partial charge in [-0.3, -0.25) is 4.79 Å². The molecular formula is C18H16F3N5O2. The average Bonchev–Trinajstić information content (AvgIpc) is 3.17. The summed E-state index contributed by atoms with van der Waals surface area (Å²) in [6, 6.07) is 8.25. The van der Waals surface area contributed by atoms with Crippen LogP contribution in [0.25, 0.3) is 5.65 Å². The van der Waals surface area contributed by atoms with E-state index in [1.165, 1.54) is 10.6 Å². The Morgan fingerprint density at radius 3 is 2.71 bits per heavy atom. The van der Waals surface area contributed by atoms with Crippen LogP contribution in [0.15, 0.2) is 42.6 Å². The molecule has 4 rings (SSSR count). The van der Waals surface area contributed by atoms with Gasteiger partial charge in [0.05, 0.1) is 16.7 Å². The number of nitrogens with zero attached hydrogens (tertiary/aromatic N) is 4. The number of tetrazole rings is 1. The molecule has 1 N–H and O–H groups in total. The van der Waals surface area contributed by atoms with E-state index in [0.717, 1.165) is 12.1 Å². The van der Waals surface area contributed by atoms with Crippen LogP contribution in [-0.2, 0) is 16.5 Å². The van der Waals surface area contributed by atoms with E-state index in [9.17, 15) is 18.0 Å². The molecule has 1 aliphatic rings. The van der Waals surface area contributed by atoms with E-state index in [-0.39, 0.29) is 11.2 Å². The highest BCUT2D eigenvalue weighted by atomic mass is 19.4. The molecular weight excluding hydrogens is 375 g/mol. The van der Waals surface area contributed by atoms with Crippen molar-refractivity contribution in [1.82, 2.24) is 25.4 Å². The molecule has 0 unspecified atom stereocenters. The molecule has 1 aliphatic heterocycles. The normalized spacial score (nSPS) is 16.8. The zero-order chi connectivity index (χ0) is 19.8. The molecule has 10 heteroatoms. The number of aromatic nitrogens is 4. The Morgan fingerprint density at radius 1 is 1.18 bits per heavy atom. The highest BCUT2D eigenvalue weighted by Gasteiger charge is 2.39. The first-order valence-electron chi connectivity index (χ1n) is 8.64. The Balaban J connectivity index is 1.72. The standard InChI is InChI=1S/C18H16F3N5O2/c19-18(20,21)13-4-1-3-12(11-13)17(6-9-28-10-7-17)22-16(27)14-5-2-8-26-15(14)23-24-25-26/h1-5,8,11H,6-7,9-10H2,(H,22,27). The van der Waals surface area contributed by atoms with Crippen LogP contribution in [0.1, 0.15) is 34.3 Å². The van der Waals surface area contributed by atoms with Gasteiger partial charge in [0.25, 0.3) is 5.91 Å². The van der Waals surface area contributed by atoms with Crippen molar-refractivity contribution in [3.63, 3.8) is 0 Å². The number of ether oxygens (including phenoxy) is 1. The number of pyridine rings is 1. The molecule has 1 aromatic carbocycles.